The molecule has 2 heteroatoms. The topological polar surface area (TPSA) is 27.5 Å². The molecule has 1 aliphatic rings. The van der Waals surface area contributed by atoms with Gasteiger partial charge in [-0.15, -0.1) is 0 Å². The lowest BCUT2D eigenvalue weighted by atomic mass is 10.8. The molecule has 1 N–H and O–H groups in total. The van der Waals surface area contributed by atoms with Crippen LogP contribution in [-0.2, 0) is 0 Å². The van der Waals surface area contributed by atoms with E-state index in [0.29, 0.717) is 0 Å². The van der Waals surface area contributed by atoms with Crippen molar-refractivity contribution in [2.75, 3.05) is 7.05 Å². The molecular formula is C4H7NO. The number of allylic oxidation sites excluding steroid dienone is 2. The molecule has 1 unspecified atom stereocenters. The van der Waals surface area contributed by atoms with Gasteiger partial charge in [0.15, 0.2) is 0 Å². The molecular weight excluding hydrogens is 78.0 g/mol. The van der Waals surface area contributed by atoms with Crippen molar-refractivity contribution in [1.29, 1.82) is 0 Å². The normalized spacial score (nSPS) is 22.7. The Kier molecular flexibility index (Phi) is 0.680. The summed E-state index contributed by atoms with van der Waals surface area (Å²) in [5.74, 6) is 0. The van der Waals surface area contributed by atoms with Crippen molar-refractivity contribution in [3.63, 3.8) is 0 Å². The molecule has 0 saturated heterocycles. The molecule has 1 aliphatic carbocycles. The standard InChI is InChI=1S/C4H7NO/c1-5(6)4-2-3-4/h2,5H,3H2,1H3. The van der Waals surface area contributed by atoms with E-state index < -0.39 is 0 Å². The number of rotatable bonds is 1. The van der Waals surface area contributed by atoms with Gasteiger partial charge in [-0.1, -0.05) is 0 Å². The van der Waals surface area contributed by atoms with Gasteiger partial charge in [0.2, 0.25) is 0 Å². The van der Waals surface area contributed by atoms with Crippen LogP contribution < -0.4 is 5.06 Å². The third-order valence-corrected chi connectivity index (χ3v) is 0.860. The van der Waals surface area contributed by atoms with Crippen LogP contribution in [0.1, 0.15) is 6.42 Å². The van der Waals surface area contributed by atoms with Gasteiger partial charge in [0.1, 0.15) is 5.70 Å². The monoisotopic (exact) mass is 85.1 g/mol. The average molecular weight is 85.1 g/mol. The van der Waals surface area contributed by atoms with Gasteiger partial charge in [0.25, 0.3) is 0 Å². The third-order valence-electron chi connectivity index (χ3n) is 0.860. The summed E-state index contributed by atoms with van der Waals surface area (Å²) in [6.45, 7) is 0. The van der Waals surface area contributed by atoms with E-state index in [1.165, 1.54) is 0 Å². The quantitative estimate of drug-likeness (QED) is 0.418. The van der Waals surface area contributed by atoms with Crippen LogP contribution in [0.25, 0.3) is 0 Å². The van der Waals surface area contributed by atoms with Crippen LogP contribution >= 0.6 is 0 Å². The summed E-state index contributed by atoms with van der Waals surface area (Å²) in [5, 5.41) is 10.4. The van der Waals surface area contributed by atoms with E-state index in [1.54, 1.807) is 7.05 Å². The molecule has 1 atom stereocenters. The molecule has 0 aromatic rings. The first-order valence-electron chi connectivity index (χ1n) is 2.00. The second kappa shape index (κ2) is 1.06. The van der Waals surface area contributed by atoms with Gasteiger partial charge in [-0.05, 0) is 6.08 Å². The Morgan fingerprint density at radius 3 is 2.50 bits per heavy atom. The fourth-order valence-corrected chi connectivity index (χ4v) is 0.338. The Balaban J connectivity index is 2.31. The average Bonchev–Trinajstić information content (AvgIpc) is 2.06. The molecule has 0 aromatic heterocycles. The van der Waals surface area contributed by atoms with Crippen LogP contribution in [0.15, 0.2) is 11.8 Å². The number of quaternary nitrogens is 1. The highest BCUT2D eigenvalue weighted by molar-refractivity contribution is 5.12. The zero-order chi connectivity index (χ0) is 4.57. The van der Waals surface area contributed by atoms with Crippen molar-refractivity contribution in [2.24, 2.45) is 0 Å². The van der Waals surface area contributed by atoms with Crippen LogP contribution in [0.2, 0.25) is 0 Å². The summed E-state index contributed by atoms with van der Waals surface area (Å²) in [6.07, 6.45) is 2.87. The maximum absolute atomic E-state index is 10.1. The van der Waals surface area contributed by atoms with Gasteiger partial charge in [-0.3, -0.25) is 0 Å². The van der Waals surface area contributed by atoms with Crippen molar-refractivity contribution in [2.45, 2.75) is 6.42 Å². The highest BCUT2D eigenvalue weighted by Gasteiger charge is 2.10. The van der Waals surface area contributed by atoms with Crippen molar-refractivity contribution in [3.8, 4) is 0 Å². The Morgan fingerprint density at radius 1 is 2.00 bits per heavy atom. The summed E-state index contributed by atoms with van der Waals surface area (Å²) in [4.78, 5) is 0. The van der Waals surface area contributed by atoms with Crippen LogP contribution in [0.3, 0.4) is 0 Å². The number of nitrogens with one attached hydrogen (secondary N) is 1. The molecule has 0 spiro atoms. The van der Waals surface area contributed by atoms with E-state index in [1.807, 2.05) is 6.08 Å². The molecule has 0 aliphatic heterocycles. The third kappa shape index (κ3) is 0.584. The van der Waals surface area contributed by atoms with Crippen LogP contribution in [0.4, 0.5) is 0 Å². The Morgan fingerprint density at radius 2 is 2.50 bits per heavy atom. The van der Waals surface area contributed by atoms with Gasteiger partial charge >= 0.3 is 0 Å². The highest BCUT2D eigenvalue weighted by atomic mass is 16.5. The molecule has 34 valence electrons. The number of hydroxylamine groups is 2. The van der Waals surface area contributed by atoms with E-state index in [2.05, 4.69) is 0 Å². The fourth-order valence-electron chi connectivity index (χ4n) is 0.338. The molecule has 0 radical (unpaired) electrons. The summed E-state index contributed by atoms with van der Waals surface area (Å²) in [7, 11) is 1.60. The maximum Gasteiger partial charge on any atom is 0.107 e. The SMILES string of the molecule is C[NH+]([O-])C1=CC1. The van der Waals surface area contributed by atoms with Crippen molar-refractivity contribution < 1.29 is 5.06 Å². The molecule has 2 nitrogen and oxygen atoms in total. The van der Waals surface area contributed by atoms with Crippen molar-refractivity contribution in [1.82, 2.24) is 0 Å². The zero-order valence-corrected chi connectivity index (χ0v) is 3.69. The minimum atomic E-state index is 0.231. The lowest BCUT2D eigenvalue weighted by molar-refractivity contribution is -0.778. The fraction of sp³-hybridized carbons (Fsp3) is 0.500. The first-order valence-corrected chi connectivity index (χ1v) is 2.00. The Bertz CT molecular complexity index is 85.5. The largest absolute Gasteiger partial charge is 0.629 e. The first kappa shape index (κ1) is 3.84. The van der Waals surface area contributed by atoms with E-state index in [4.69, 9.17) is 0 Å². The number of hydrogen-bond donors (Lipinski definition) is 1. The van der Waals surface area contributed by atoms with Gasteiger partial charge < -0.3 is 10.3 Å². The molecule has 0 aromatic carbocycles. The molecule has 1 rings (SSSR count). The Labute approximate surface area is 36.6 Å². The molecule has 0 amide bonds. The first-order chi connectivity index (χ1) is 2.80. The second-order valence-corrected chi connectivity index (χ2v) is 1.49. The molecule has 0 saturated carbocycles. The lowest BCUT2D eigenvalue weighted by Crippen LogP contribution is -3.00. The lowest BCUT2D eigenvalue weighted by Gasteiger charge is -2.09. The van der Waals surface area contributed by atoms with E-state index >= 15 is 0 Å². The van der Waals surface area contributed by atoms with Gasteiger partial charge in [-0.25, -0.2) is 0 Å². The van der Waals surface area contributed by atoms with Crippen molar-refractivity contribution in [3.05, 3.63) is 17.0 Å². The summed E-state index contributed by atoms with van der Waals surface area (Å²) < 4.78 is 0. The summed E-state index contributed by atoms with van der Waals surface area (Å²) >= 11 is 0. The predicted octanol–water partition coefficient (Wildman–Crippen LogP) is -0.713. The highest BCUT2D eigenvalue weighted by Crippen LogP contribution is 2.07. The Hall–Kier alpha value is -0.340. The summed E-state index contributed by atoms with van der Waals surface area (Å²) in [5.41, 5.74) is 0.995. The molecule has 6 heavy (non-hydrogen) atoms. The minimum Gasteiger partial charge on any atom is -0.629 e. The molecule has 0 bridgehead atoms. The minimum absolute atomic E-state index is 0.231. The van der Waals surface area contributed by atoms with E-state index in [-0.39, 0.29) is 5.06 Å². The molecule has 0 heterocycles. The smallest absolute Gasteiger partial charge is 0.107 e. The zero-order valence-electron chi connectivity index (χ0n) is 3.69. The van der Waals surface area contributed by atoms with Gasteiger partial charge in [0.05, 0.1) is 7.05 Å². The van der Waals surface area contributed by atoms with Crippen LogP contribution in [-0.4, -0.2) is 7.05 Å². The van der Waals surface area contributed by atoms with Gasteiger partial charge in [0, 0.05) is 6.42 Å². The van der Waals surface area contributed by atoms with Crippen LogP contribution in [0, 0.1) is 5.21 Å². The van der Waals surface area contributed by atoms with Gasteiger partial charge in [-0.2, -0.15) is 0 Å². The van der Waals surface area contributed by atoms with E-state index in [9.17, 15) is 5.21 Å². The molecule has 0 fully saturated rings. The maximum atomic E-state index is 10.1. The number of hydrogen-bond acceptors (Lipinski definition) is 1. The van der Waals surface area contributed by atoms with Crippen molar-refractivity contribution >= 4 is 0 Å². The van der Waals surface area contributed by atoms with E-state index in [0.717, 1.165) is 12.1 Å². The second-order valence-electron chi connectivity index (χ2n) is 1.49. The summed E-state index contributed by atoms with van der Waals surface area (Å²) in [6, 6.07) is 0. The van der Waals surface area contributed by atoms with Crippen LogP contribution in [0.5, 0.6) is 0 Å². The predicted molar refractivity (Wildman–Crippen MR) is 23.0 cm³/mol.